The van der Waals surface area contributed by atoms with E-state index in [1.54, 1.807) is 6.07 Å². The average molecular weight is 269 g/mol. The van der Waals surface area contributed by atoms with Gasteiger partial charge in [0.2, 0.25) is 0 Å². The molecule has 4 rings (SSSR count). The van der Waals surface area contributed by atoms with Gasteiger partial charge in [0.15, 0.2) is 0 Å². The summed E-state index contributed by atoms with van der Waals surface area (Å²) in [7, 11) is 0. The lowest BCUT2D eigenvalue weighted by molar-refractivity contribution is 0.589. The van der Waals surface area contributed by atoms with Crippen LogP contribution in [0.15, 0.2) is 35.1 Å². The van der Waals surface area contributed by atoms with E-state index in [4.69, 9.17) is 0 Å². The fraction of sp³-hybridized carbons (Fsp3) is 0.438. The van der Waals surface area contributed by atoms with Crippen molar-refractivity contribution in [2.75, 3.05) is 31.1 Å². The van der Waals surface area contributed by atoms with Crippen molar-refractivity contribution in [2.45, 2.75) is 18.9 Å². The second-order valence-corrected chi connectivity index (χ2v) is 5.75. The Bertz CT molecular complexity index is 696. The zero-order valence-corrected chi connectivity index (χ0v) is 11.5. The van der Waals surface area contributed by atoms with Crippen LogP contribution in [0, 0.1) is 0 Å². The van der Waals surface area contributed by atoms with Gasteiger partial charge in [0.25, 0.3) is 5.56 Å². The highest BCUT2D eigenvalue weighted by atomic mass is 16.1. The SMILES string of the molecule is O=c1ccc2ccc(N3CCNCC3)cc2n1C1CC1. The van der Waals surface area contributed by atoms with Crippen molar-refractivity contribution in [2.24, 2.45) is 0 Å². The second-order valence-electron chi connectivity index (χ2n) is 5.75. The lowest BCUT2D eigenvalue weighted by Gasteiger charge is -2.29. The van der Waals surface area contributed by atoms with Gasteiger partial charge in [-0.05, 0) is 36.4 Å². The first-order chi connectivity index (χ1) is 9.83. The number of aromatic nitrogens is 1. The Kier molecular flexibility index (Phi) is 2.77. The first-order valence-corrected chi connectivity index (χ1v) is 7.44. The standard InChI is InChI=1S/C16H19N3O/c20-16-6-2-12-1-3-14(18-9-7-17-8-10-18)11-15(12)19(16)13-4-5-13/h1-3,6,11,13,17H,4-5,7-10H2. The third-order valence-corrected chi connectivity index (χ3v) is 4.31. The molecule has 4 nitrogen and oxygen atoms in total. The number of benzene rings is 1. The zero-order chi connectivity index (χ0) is 13.5. The highest BCUT2D eigenvalue weighted by Crippen LogP contribution is 2.36. The van der Waals surface area contributed by atoms with Gasteiger partial charge in [-0.25, -0.2) is 0 Å². The van der Waals surface area contributed by atoms with Gasteiger partial charge in [-0.3, -0.25) is 4.79 Å². The van der Waals surface area contributed by atoms with E-state index in [-0.39, 0.29) is 5.56 Å². The largest absolute Gasteiger partial charge is 0.369 e. The van der Waals surface area contributed by atoms with Crippen LogP contribution in [0.25, 0.3) is 10.9 Å². The number of piperazine rings is 1. The molecular formula is C16H19N3O. The first kappa shape index (κ1) is 12.0. The minimum absolute atomic E-state index is 0.137. The summed E-state index contributed by atoms with van der Waals surface area (Å²) in [5.41, 5.74) is 2.47. The molecule has 4 heteroatoms. The smallest absolute Gasteiger partial charge is 0.251 e. The molecule has 1 aromatic heterocycles. The van der Waals surface area contributed by atoms with Crippen LogP contribution < -0.4 is 15.8 Å². The number of nitrogens with zero attached hydrogens (tertiary/aromatic N) is 2. The van der Waals surface area contributed by atoms with Crippen molar-refractivity contribution < 1.29 is 0 Å². The lowest BCUT2D eigenvalue weighted by Crippen LogP contribution is -2.43. The summed E-state index contributed by atoms with van der Waals surface area (Å²) >= 11 is 0. The van der Waals surface area contributed by atoms with Gasteiger partial charge in [0.1, 0.15) is 0 Å². The predicted octanol–water partition coefficient (Wildman–Crippen LogP) is 1.75. The molecule has 0 unspecified atom stereocenters. The summed E-state index contributed by atoms with van der Waals surface area (Å²) in [6, 6.07) is 10.6. The molecule has 0 bridgehead atoms. The molecule has 2 fully saturated rings. The molecule has 2 heterocycles. The normalized spacial score (nSPS) is 19.5. The third kappa shape index (κ3) is 2.00. The molecule has 0 amide bonds. The number of fused-ring (bicyclic) bond motifs is 1. The quantitative estimate of drug-likeness (QED) is 0.902. The van der Waals surface area contributed by atoms with E-state index in [9.17, 15) is 4.79 Å². The third-order valence-electron chi connectivity index (χ3n) is 4.31. The van der Waals surface area contributed by atoms with Crippen molar-refractivity contribution in [1.29, 1.82) is 0 Å². The molecule has 0 radical (unpaired) electrons. The van der Waals surface area contributed by atoms with Crippen molar-refractivity contribution in [1.82, 2.24) is 9.88 Å². The number of rotatable bonds is 2. The summed E-state index contributed by atoms with van der Waals surface area (Å²) in [4.78, 5) is 14.5. The van der Waals surface area contributed by atoms with Crippen molar-refractivity contribution in [3.8, 4) is 0 Å². The molecule has 20 heavy (non-hydrogen) atoms. The molecule has 0 spiro atoms. The van der Waals surface area contributed by atoms with E-state index >= 15 is 0 Å². The van der Waals surface area contributed by atoms with E-state index in [1.807, 2.05) is 10.6 Å². The van der Waals surface area contributed by atoms with Crippen molar-refractivity contribution in [3.05, 3.63) is 40.7 Å². The van der Waals surface area contributed by atoms with E-state index in [2.05, 4.69) is 28.4 Å². The molecule has 1 aliphatic carbocycles. The Labute approximate surface area is 118 Å². The minimum atomic E-state index is 0.137. The van der Waals surface area contributed by atoms with Crippen molar-refractivity contribution >= 4 is 16.6 Å². The Balaban J connectivity index is 1.84. The number of anilines is 1. The Morgan fingerprint density at radius 1 is 1.05 bits per heavy atom. The first-order valence-electron chi connectivity index (χ1n) is 7.44. The lowest BCUT2D eigenvalue weighted by atomic mass is 10.1. The van der Waals surface area contributed by atoms with E-state index < -0.39 is 0 Å². The van der Waals surface area contributed by atoms with Crippen LogP contribution in [0.3, 0.4) is 0 Å². The minimum Gasteiger partial charge on any atom is -0.369 e. The van der Waals surface area contributed by atoms with Gasteiger partial charge in [0, 0.05) is 44.0 Å². The van der Waals surface area contributed by atoms with Crippen LogP contribution in [-0.4, -0.2) is 30.7 Å². The Morgan fingerprint density at radius 2 is 1.80 bits per heavy atom. The predicted molar refractivity (Wildman–Crippen MR) is 81.6 cm³/mol. The fourth-order valence-corrected chi connectivity index (χ4v) is 3.07. The van der Waals surface area contributed by atoms with Crippen LogP contribution in [0.4, 0.5) is 5.69 Å². The average Bonchev–Trinajstić information content (AvgIpc) is 3.32. The topological polar surface area (TPSA) is 37.3 Å². The molecule has 1 saturated heterocycles. The molecule has 104 valence electrons. The second kappa shape index (κ2) is 4.63. The van der Waals surface area contributed by atoms with Gasteiger partial charge >= 0.3 is 0 Å². The van der Waals surface area contributed by atoms with Gasteiger partial charge < -0.3 is 14.8 Å². The van der Waals surface area contributed by atoms with Crippen LogP contribution in [0.1, 0.15) is 18.9 Å². The maximum Gasteiger partial charge on any atom is 0.251 e. The number of hydrogen-bond donors (Lipinski definition) is 1. The van der Waals surface area contributed by atoms with Crippen LogP contribution in [0.2, 0.25) is 0 Å². The molecule has 1 saturated carbocycles. The van der Waals surface area contributed by atoms with Crippen LogP contribution >= 0.6 is 0 Å². The van der Waals surface area contributed by atoms with E-state index in [0.717, 1.165) is 49.9 Å². The maximum absolute atomic E-state index is 12.1. The summed E-state index contributed by atoms with van der Waals surface area (Å²) < 4.78 is 1.99. The van der Waals surface area contributed by atoms with Gasteiger partial charge in [-0.15, -0.1) is 0 Å². The molecule has 0 atom stereocenters. The summed E-state index contributed by atoms with van der Waals surface area (Å²) in [5, 5.41) is 4.54. The molecular weight excluding hydrogens is 250 g/mol. The Hall–Kier alpha value is -1.81. The maximum atomic E-state index is 12.1. The fourth-order valence-electron chi connectivity index (χ4n) is 3.07. The van der Waals surface area contributed by atoms with Gasteiger partial charge in [-0.2, -0.15) is 0 Å². The van der Waals surface area contributed by atoms with Gasteiger partial charge in [0.05, 0.1) is 5.52 Å². The highest BCUT2D eigenvalue weighted by molar-refractivity contribution is 5.83. The molecule has 2 aliphatic rings. The van der Waals surface area contributed by atoms with Crippen molar-refractivity contribution in [3.63, 3.8) is 0 Å². The van der Waals surface area contributed by atoms with Crippen LogP contribution in [0.5, 0.6) is 0 Å². The summed E-state index contributed by atoms with van der Waals surface area (Å²) in [6.45, 7) is 4.13. The molecule has 1 aromatic carbocycles. The summed E-state index contributed by atoms with van der Waals surface area (Å²) in [5.74, 6) is 0. The van der Waals surface area contributed by atoms with Crippen LogP contribution in [-0.2, 0) is 0 Å². The Morgan fingerprint density at radius 3 is 2.55 bits per heavy atom. The van der Waals surface area contributed by atoms with E-state index in [1.165, 1.54) is 5.69 Å². The number of pyridine rings is 1. The summed E-state index contributed by atoms with van der Waals surface area (Å²) in [6.07, 6.45) is 2.27. The molecule has 2 aromatic rings. The monoisotopic (exact) mass is 269 g/mol. The molecule has 1 N–H and O–H groups in total. The molecule has 1 aliphatic heterocycles. The zero-order valence-electron chi connectivity index (χ0n) is 11.5. The van der Waals surface area contributed by atoms with Gasteiger partial charge in [-0.1, -0.05) is 6.07 Å². The number of hydrogen-bond acceptors (Lipinski definition) is 3. The highest BCUT2D eigenvalue weighted by Gasteiger charge is 2.26. The number of nitrogens with one attached hydrogen (secondary N) is 1. The van der Waals surface area contributed by atoms with E-state index in [0.29, 0.717) is 6.04 Å².